The molecule has 0 aliphatic heterocycles. The largest absolute Gasteiger partial charge is 0.353 e. The molecule has 0 bridgehead atoms. The lowest BCUT2D eigenvalue weighted by Gasteiger charge is -2.18. The molecule has 0 spiro atoms. The highest BCUT2D eigenvalue weighted by molar-refractivity contribution is 7.99. The second-order valence-corrected chi connectivity index (χ2v) is 8.05. The van der Waals surface area contributed by atoms with Crippen molar-refractivity contribution in [2.24, 2.45) is 11.8 Å². The zero-order valence-corrected chi connectivity index (χ0v) is 16.4. The number of nitrogens with one attached hydrogen (secondary N) is 1. The van der Waals surface area contributed by atoms with Crippen LogP contribution in [0.1, 0.15) is 34.6 Å². The predicted octanol–water partition coefficient (Wildman–Crippen LogP) is 3.31. The van der Waals surface area contributed by atoms with Crippen molar-refractivity contribution >= 4 is 28.6 Å². The van der Waals surface area contributed by atoms with E-state index in [2.05, 4.69) is 38.0 Å². The highest BCUT2D eigenvalue weighted by atomic mass is 32.2. The summed E-state index contributed by atoms with van der Waals surface area (Å²) in [6.07, 6.45) is 0. The Morgan fingerprint density at radius 3 is 2.52 bits per heavy atom. The van der Waals surface area contributed by atoms with Crippen molar-refractivity contribution in [3.05, 3.63) is 34.6 Å². The van der Waals surface area contributed by atoms with E-state index in [1.54, 1.807) is 10.6 Å². The van der Waals surface area contributed by atoms with Gasteiger partial charge in [-0.05, 0) is 30.9 Å². The van der Waals surface area contributed by atoms with Gasteiger partial charge in [0.05, 0.1) is 16.7 Å². The summed E-state index contributed by atoms with van der Waals surface area (Å²) in [6, 6.07) is 7.47. The van der Waals surface area contributed by atoms with Gasteiger partial charge >= 0.3 is 0 Å². The monoisotopic (exact) mass is 361 g/mol. The van der Waals surface area contributed by atoms with Gasteiger partial charge in [-0.2, -0.15) is 0 Å². The normalized spacial score (nSPS) is 12.8. The van der Waals surface area contributed by atoms with Crippen LogP contribution >= 0.6 is 11.8 Å². The van der Waals surface area contributed by atoms with E-state index in [1.165, 1.54) is 11.8 Å². The fraction of sp³-hybridized carbons (Fsp3) is 0.526. The van der Waals surface area contributed by atoms with E-state index in [1.807, 2.05) is 25.1 Å². The molecule has 1 aromatic heterocycles. The molecule has 0 saturated heterocycles. The van der Waals surface area contributed by atoms with E-state index >= 15 is 0 Å². The molecule has 0 fully saturated rings. The minimum Gasteiger partial charge on any atom is -0.353 e. The van der Waals surface area contributed by atoms with Crippen LogP contribution in [0.15, 0.2) is 34.2 Å². The number of fused-ring (bicyclic) bond motifs is 1. The molecule has 1 aromatic carbocycles. The number of hydrogen-bond donors (Lipinski definition) is 1. The minimum absolute atomic E-state index is 0.0373. The van der Waals surface area contributed by atoms with Gasteiger partial charge in [0.1, 0.15) is 0 Å². The van der Waals surface area contributed by atoms with Crippen LogP contribution in [0.5, 0.6) is 0 Å². The maximum absolute atomic E-state index is 12.8. The summed E-state index contributed by atoms with van der Waals surface area (Å²) in [7, 11) is 0. The molecule has 0 saturated carbocycles. The van der Waals surface area contributed by atoms with Crippen LogP contribution in [0.2, 0.25) is 0 Å². The van der Waals surface area contributed by atoms with Crippen molar-refractivity contribution in [1.82, 2.24) is 14.9 Å². The molecular formula is C19H27N3O2S. The molecule has 1 atom stereocenters. The first-order valence-electron chi connectivity index (χ1n) is 8.71. The number of nitrogens with zero attached hydrogens (tertiary/aromatic N) is 2. The molecule has 2 aromatic rings. The van der Waals surface area contributed by atoms with Crippen LogP contribution in [0.3, 0.4) is 0 Å². The average Bonchev–Trinajstić information content (AvgIpc) is 2.55. The second-order valence-electron chi connectivity index (χ2n) is 7.11. The van der Waals surface area contributed by atoms with Crippen LogP contribution in [-0.4, -0.2) is 27.3 Å². The first-order valence-corrected chi connectivity index (χ1v) is 9.70. The fourth-order valence-corrected chi connectivity index (χ4v) is 3.20. The number of rotatable bonds is 7. The third-order valence-corrected chi connectivity index (χ3v) is 5.07. The number of carbonyl (C=O) groups excluding carboxylic acids is 1. The Kier molecular flexibility index (Phi) is 6.64. The Morgan fingerprint density at radius 2 is 1.88 bits per heavy atom. The summed E-state index contributed by atoms with van der Waals surface area (Å²) < 4.78 is 1.69. The lowest BCUT2D eigenvalue weighted by atomic mass is 10.1. The van der Waals surface area contributed by atoms with Crippen molar-refractivity contribution in [2.45, 2.75) is 52.4 Å². The molecule has 0 aliphatic carbocycles. The van der Waals surface area contributed by atoms with Crippen LogP contribution in [-0.2, 0) is 11.3 Å². The maximum atomic E-state index is 12.8. The van der Waals surface area contributed by atoms with Gasteiger partial charge in [-0.25, -0.2) is 4.98 Å². The van der Waals surface area contributed by atoms with Gasteiger partial charge in [0.25, 0.3) is 5.56 Å². The third kappa shape index (κ3) is 5.08. The number of hydrogen-bond acceptors (Lipinski definition) is 4. The minimum atomic E-state index is -0.0437. The average molecular weight is 362 g/mol. The third-order valence-electron chi connectivity index (χ3n) is 4.10. The highest BCUT2D eigenvalue weighted by Crippen LogP contribution is 2.19. The molecule has 1 heterocycles. The van der Waals surface area contributed by atoms with E-state index < -0.39 is 0 Å². The first kappa shape index (κ1) is 19.5. The molecule has 6 heteroatoms. The van der Waals surface area contributed by atoms with Gasteiger partial charge in [0, 0.05) is 12.6 Å². The number of aromatic nitrogens is 2. The lowest BCUT2D eigenvalue weighted by molar-refractivity contribution is -0.119. The van der Waals surface area contributed by atoms with Gasteiger partial charge in [-0.1, -0.05) is 51.6 Å². The summed E-state index contributed by atoms with van der Waals surface area (Å²) in [5.74, 6) is 0.909. The van der Waals surface area contributed by atoms with Crippen LogP contribution < -0.4 is 10.9 Å². The predicted molar refractivity (Wildman–Crippen MR) is 104 cm³/mol. The molecule has 1 N–H and O–H groups in total. The van der Waals surface area contributed by atoms with Gasteiger partial charge in [-0.3, -0.25) is 14.2 Å². The van der Waals surface area contributed by atoms with E-state index in [0.29, 0.717) is 34.4 Å². The Labute approximate surface area is 153 Å². The second kappa shape index (κ2) is 8.52. The molecule has 0 radical (unpaired) electrons. The lowest BCUT2D eigenvalue weighted by Crippen LogP contribution is -2.37. The summed E-state index contributed by atoms with van der Waals surface area (Å²) in [5.41, 5.74) is 0.628. The molecule has 2 rings (SSSR count). The van der Waals surface area contributed by atoms with Gasteiger partial charge in [0.15, 0.2) is 5.16 Å². The number of carbonyl (C=O) groups is 1. The topological polar surface area (TPSA) is 64.0 Å². The maximum Gasteiger partial charge on any atom is 0.262 e. The Morgan fingerprint density at radius 1 is 1.20 bits per heavy atom. The molecule has 0 unspecified atom stereocenters. The smallest absolute Gasteiger partial charge is 0.262 e. The van der Waals surface area contributed by atoms with Gasteiger partial charge in [0.2, 0.25) is 5.91 Å². The SMILES string of the molecule is CC(C)Cn1c(SCC(=O)N[C@H](C)C(C)C)nc2ccccc2c1=O. The standard InChI is InChI=1S/C19H27N3O2S/c1-12(2)10-22-18(24)15-8-6-7-9-16(15)21-19(22)25-11-17(23)20-14(5)13(3)4/h6-9,12-14H,10-11H2,1-5H3,(H,20,23)/t14-/m1/s1. The molecule has 5 nitrogen and oxygen atoms in total. The van der Waals surface area contributed by atoms with Crippen molar-refractivity contribution in [3.8, 4) is 0 Å². The van der Waals surface area contributed by atoms with E-state index in [0.717, 1.165) is 0 Å². The van der Waals surface area contributed by atoms with Crippen LogP contribution in [0.4, 0.5) is 0 Å². The fourth-order valence-electron chi connectivity index (χ4n) is 2.38. The van der Waals surface area contributed by atoms with E-state index in [4.69, 9.17) is 0 Å². The van der Waals surface area contributed by atoms with Crippen molar-refractivity contribution in [3.63, 3.8) is 0 Å². The summed E-state index contributed by atoms with van der Waals surface area (Å²) in [5, 5.41) is 4.20. The number of thioether (sulfide) groups is 1. The van der Waals surface area contributed by atoms with Crippen molar-refractivity contribution in [2.75, 3.05) is 5.75 Å². The highest BCUT2D eigenvalue weighted by Gasteiger charge is 2.15. The Bertz CT molecular complexity index is 799. The molecular weight excluding hydrogens is 334 g/mol. The van der Waals surface area contributed by atoms with Crippen molar-refractivity contribution < 1.29 is 4.79 Å². The number of amides is 1. The first-order chi connectivity index (χ1) is 11.8. The number of benzene rings is 1. The Hall–Kier alpha value is -1.82. The molecule has 0 aliphatic rings. The molecule has 1 amide bonds. The zero-order valence-electron chi connectivity index (χ0n) is 15.6. The Balaban J connectivity index is 2.26. The van der Waals surface area contributed by atoms with E-state index in [9.17, 15) is 9.59 Å². The van der Waals surface area contributed by atoms with E-state index in [-0.39, 0.29) is 23.3 Å². The van der Waals surface area contributed by atoms with Gasteiger partial charge < -0.3 is 5.32 Å². The summed E-state index contributed by atoms with van der Waals surface area (Å²) >= 11 is 1.32. The zero-order chi connectivity index (χ0) is 18.6. The van der Waals surface area contributed by atoms with Crippen LogP contribution in [0.25, 0.3) is 10.9 Å². The summed E-state index contributed by atoms with van der Waals surface area (Å²) in [6.45, 7) is 10.9. The quantitative estimate of drug-likeness (QED) is 0.607. The van der Waals surface area contributed by atoms with Crippen molar-refractivity contribution in [1.29, 1.82) is 0 Å². The molecule has 136 valence electrons. The summed E-state index contributed by atoms with van der Waals surface area (Å²) in [4.78, 5) is 29.6. The van der Waals surface area contributed by atoms with Gasteiger partial charge in [-0.15, -0.1) is 0 Å². The van der Waals surface area contributed by atoms with Crippen LogP contribution in [0, 0.1) is 11.8 Å². The molecule has 25 heavy (non-hydrogen) atoms. The number of para-hydroxylation sites is 1.